The number of hydrogen-bond acceptors (Lipinski definition) is 3. The van der Waals surface area contributed by atoms with Crippen molar-refractivity contribution in [1.82, 2.24) is 5.32 Å². The summed E-state index contributed by atoms with van der Waals surface area (Å²) < 4.78 is 5.91. The third kappa shape index (κ3) is 3.24. The average Bonchev–Trinajstić information content (AvgIpc) is 3.00. The first-order chi connectivity index (χ1) is 9.97. The molecule has 2 heterocycles. The topological polar surface area (TPSA) is 25.2 Å². The molecule has 1 atom stereocenters. The lowest BCUT2D eigenvalue weighted by atomic mass is 9.75. The molecular weight excluding hydrogens is 278 g/mol. The summed E-state index contributed by atoms with van der Waals surface area (Å²) in [6, 6.07) is 7.13. The van der Waals surface area contributed by atoms with Gasteiger partial charge in [0, 0.05) is 34.3 Å². The summed E-state index contributed by atoms with van der Waals surface area (Å²) in [5.74, 6) is 2.22. The first-order valence-corrected chi connectivity index (χ1v) is 8.69. The summed E-state index contributed by atoms with van der Waals surface area (Å²) in [6.07, 6.45) is 3.35. The zero-order chi connectivity index (χ0) is 15.0. The first kappa shape index (κ1) is 14.9. The van der Waals surface area contributed by atoms with Crippen LogP contribution in [0.2, 0.25) is 0 Å². The van der Waals surface area contributed by atoms with Crippen molar-refractivity contribution in [3.8, 4) is 0 Å². The van der Waals surface area contributed by atoms with E-state index in [1.807, 2.05) is 11.3 Å². The Morgan fingerprint density at radius 2 is 2.10 bits per heavy atom. The molecule has 1 unspecified atom stereocenters. The third-order valence-electron chi connectivity index (χ3n) is 4.32. The maximum Gasteiger partial charge on any atom is 0.109 e. The molecule has 0 radical (unpaired) electrons. The SMILES string of the molecule is CCc1ccc(CNC2CC(C)(C)Cc3oc(C)cc32)s1. The molecule has 1 aliphatic rings. The van der Waals surface area contributed by atoms with Crippen LogP contribution in [0, 0.1) is 12.3 Å². The van der Waals surface area contributed by atoms with Crippen molar-refractivity contribution < 1.29 is 4.42 Å². The predicted molar refractivity (Wildman–Crippen MR) is 88.8 cm³/mol. The van der Waals surface area contributed by atoms with Crippen LogP contribution < -0.4 is 5.32 Å². The summed E-state index contributed by atoms with van der Waals surface area (Å²) in [5.41, 5.74) is 1.68. The smallest absolute Gasteiger partial charge is 0.109 e. The van der Waals surface area contributed by atoms with E-state index in [1.165, 1.54) is 27.5 Å². The second-order valence-electron chi connectivity index (χ2n) is 6.94. The van der Waals surface area contributed by atoms with Gasteiger partial charge in [0.15, 0.2) is 0 Å². The summed E-state index contributed by atoms with van der Waals surface area (Å²) in [5, 5.41) is 3.75. The summed E-state index contributed by atoms with van der Waals surface area (Å²) in [4.78, 5) is 2.90. The number of rotatable bonds is 4. The highest BCUT2D eigenvalue weighted by molar-refractivity contribution is 7.11. The summed E-state index contributed by atoms with van der Waals surface area (Å²) in [6.45, 7) is 9.89. The van der Waals surface area contributed by atoms with Crippen LogP contribution in [0.15, 0.2) is 22.6 Å². The van der Waals surface area contributed by atoms with Crippen LogP contribution in [0.3, 0.4) is 0 Å². The van der Waals surface area contributed by atoms with Crippen LogP contribution in [-0.2, 0) is 19.4 Å². The van der Waals surface area contributed by atoms with Crippen LogP contribution in [-0.4, -0.2) is 0 Å². The Morgan fingerprint density at radius 1 is 1.33 bits per heavy atom. The zero-order valence-corrected chi connectivity index (χ0v) is 14.3. The van der Waals surface area contributed by atoms with Gasteiger partial charge in [-0.25, -0.2) is 0 Å². The lowest BCUT2D eigenvalue weighted by molar-refractivity contribution is 0.234. The highest BCUT2D eigenvalue weighted by atomic mass is 32.1. The number of fused-ring (bicyclic) bond motifs is 1. The van der Waals surface area contributed by atoms with E-state index < -0.39 is 0 Å². The van der Waals surface area contributed by atoms with E-state index in [0.717, 1.165) is 25.1 Å². The Labute approximate surface area is 131 Å². The molecule has 0 fully saturated rings. The van der Waals surface area contributed by atoms with Crippen molar-refractivity contribution >= 4 is 11.3 Å². The van der Waals surface area contributed by atoms with Gasteiger partial charge in [-0.1, -0.05) is 20.8 Å². The number of furan rings is 1. The fourth-order valence-corrected chi connectivity index (χ4v) is 4.21. The Balaban J connectivity index is 1.75. The van der Waals surface area contributed by atoms with Gasteiger partial charge >= 0.3 is 0 Å². The molecule has 3 heteroatoms. The fourth-order valence-electron chi connectivity index (χ4n) is 3.30. The molecular formula is C18H25NOS. The van der Waals surface area contributed by atoms with Crippen molar-refractivity contribution in [2.45, 2.75) is 59.5 Å². The fraction of sp³-hybridized carbons (Fsp3) is 0.556. The van der Waals surface area contributed by atoms with E-state index in [1.54, 1.807) is 0 Å². The van der Waals surface area contributed by atoms with E-state index in [9.17, 15) is 0 Å². The van der Waals surface area contributed by atoms with Gasteiger partial charge in [-0.3, -0.25) is 0 Å². The van der Waals surface area contributed by atoms with Crippen molar-refractivity contribution in [2.75, 3.05) is 0 Å². The highest BCUT2D eigenvalue weighted by Crippen LogP contribution is 2.42. The van der Waals surface area contributed by atoms with Crippen LogP contribution in [0.25, 0.3) is 0 Å². The van der Waals surface area contributed by atoms with Crippen LogP contribution in [0.4, 0.5) is 0 Å². The Morgan fingerprint density at radius 3 is 2.81 bits per heavy atom. The van der Waals surface area contributed by atoms with Gasteiger partial charge in [0.1, 0.15) is 11.5 Å². The molecule has 1 aliphatic carbocycles. The molecule has 1 N–H and O–H groups in total. The van der Waals surface area contributed by atoms with Crippen LogP contribution >= 0.6 is 11.3 Å². The first-order valence-electron chi connectivity index (χ1n) is 7.87. The second kappa shape index (κ2) is 5.62. The number of nitrogens with one attached hydrogen (secondary N) is 1. The van der Waals surface area contributed by atoms with Gasteiger partial charge < -0.3 is 9.73 Å². The molecule has 0 bridgehead atoms. The normalized spacial score (nSPS) is 20.5. The van der Waals surface area contributed by atoms with Crippen molar-refractivity contribution in [3.63, 3.8) is 0 Å². The number of thiophene rings is 1. The Kier molecular flexibility index (Phi) is 3.98. The van der Waals surface area contributed by atoms with E-state index in [0.29, 0.717) is 11.5 Å². The summed E-state index contributed by atoms with van der Waals surface area (Å²) in [7, 11) is 0. The van der Waals surface area contributed by atoms with E-state index in [2.05, 4.69) is 51.2 Å². The Hall–Kier alpha value is -1.06. The maximum absolute atomic E-state index is 5.91. The van der Waals surface area contributed by atoms with Gasteiger partial charge in [0.05, 0.1) is 0 Å². The second-order valence-corrected chi connectivity index (χ2v) is 8.19. The molecule has 0 aromatic carbocycles. The molecule has 0 amide bonds. The Bertz CT molecular complexity index is 623. The minimum Gasteiger partial charge on any atom is -0.466 e. The molecule has 2 aromatic rings. The molecule has 0 spiro atoms. The van der Waals surface area contributed by atoms with Gasteiger partial charge in [-0.2, -0.15) is 0 Å². The van der Waals surface area contributed by atoms with Gasteiger partial charge in [-0.15, -0.1) is 11.3 Å². The van der Waals surface area contributed by atoms with Gasteiger partial charge in [-0.05, 0) is 43.4 Å². The highest BCUT2D eigenvalue weighted by Gasteiger charge is 2.34. The predicted octanol–water partition coefficient (Wildman–Crippen LogP) is 5.02. The molecule has 2 nitrogen and oxygen atoms in total. The quantitative estimate of drug-likeness (QED) is 0.858. The van der Waals surface area contributed by atoms with E-state index >= 15 is 0 Å². The monoisotopic (exact) mass is 303 g/mol. The number of aryl methyl sites for hydroxylation is 2. The molecule has 21 heavy (non-hydrogen) atoms. The van der Waals surface area contributed by atoms with Crippen LogP contribution in [0.5, 0.6) is 0 Å². The van der Waals surface area contributed by atoms with E-state index in [-0.39, 0.29) is 0 Å². The minimum atomic E-state index is 0.305. The van der Waals surface area contributed by atoms with Gasteiger partial charge in [0.25, 0.3) is 0 Å². The summed E-state index contributed by atoms with van der Waals surface area (Å²) >= 11 is 1.92. The third-order valence-corrected chi connectivity index (χ3v) is 5.55. The largest absolute Gasteiger partial charge is 0.466 e. The van der Waals surface area contributed by atoms with Crippen molar-refractivity contribution in [1.29, 1.82) is 0 Å². The number of hydrogen-bond donors (Lipinski definition) is 1. The molecule has 2 aromatic heterocycles. The molecule has 0 saturated carbocycles. The minimum absolute atomic E-state index is 0.305. The van der Waals surface area contributed by atoms with Crippen molar-refractivity contribution in [3.05, 3.63) is 45.0 Å². The maximum atomic E-state index is 5.91. The van der Waals surface area contributed by atoms with Gasteiger partial charge in [0.2, 0.25) is 0 Å². The van der Waals surface area contributed by atoms with Crippen molar-refractivity contribution in [2.24, 2.45) is 5.41 Å². The molecule has 0 aliphatic heterocycles. The zero-order valence-electron chi connectivity index (χ0n) is 13.5. The van der Waals surface area contributed by atoms with E-state index in [4.69, 9.17) is 4.42 Å². The lowest BCUT2D eigenvalue weighted by Gasteiger charge is -2.34. The average molecular weight is 303 g/mol. The van der Waals surface area contributed by atoms with Crippen LogP contribution in [0.1, 0.15) is 60.1 Å². The molecule has 114 valence electrons. The molecule has 0 saturated heterocycles. The standard InChI is InChI=1S/C18H25NOS/c1-5-13-6-7-14(21-13)11-19-16-9-18(3,4)10-17-15(16)8-12(2)20-17/h6-8,16,19H,5,9-11H2,1-4H3. The molecule has 3 rings (SSSR count). The lowest BCUT2D eigenvalue weighted by Crippen LogP contribution is -2.32.